The molecule has 1 rings (SSSR count). The van der Waals surface area contributed by atoms with Crippen LogP contribution in [0.25, 0.3) is 0 Å². The number of anilines is 1. The summed E-state index contributed by atoms with van der Waals surface area (Å²) in [5, 5.41) is 9.45. The number of nitrogen functional groups attached to an aromatic ring is 1. The number of hydrogen-bond acceptors (Lipinski definition) is 3. The lowest BCUT2D eigenvalue weighted by molar-refractivity contribution is 0.0789. The van der Waals surface area contributed by atoms with Crippen LogP contribution in [0.2, 0.25) is 0 Å². The fraction of sp³-hybridized carbons (Fsp3) is 0.462. The number of nitrogens with zero attached hydrogens (tertiary/aromatic N) is 1. The van der Waals surface area contributed by atoms with Crippen molar-refractivity contribution in [3.8, 4) is 5.75 Å². The van der Waals surface area contributed by atoms with E-state index in [0.29, 0.717) is 18.0 Å². The summed E-state index contributed by atoms with van der Waals surface area (Å²) in [7, 11) is 1.76. The maximum atomic E-state index is 12.0. The van der Waals surface area contributed by atoms with Crippen LogP contribution in [0.5, 0.6) is 5.75 Å². The van der Waals surface area contributed by atoms with Crippen LogP contribution in [-0.2, 0) is 0 Å². The average molecular weight is 236 g/mol. The second-order valence-electron chi connectivity index (χ2n) is 4.68. The zero-order chi connectivity index (χ0) is 13.0. The quantitative estimate of drug-likeness (QED) is 0.621. The van der Waals surface area contributed by atoms with Gasteiger partial charge in [0.1, 0.15) is 5.75 Å². The van der Waals surface area contributed by atoms with Crippen LogP contribution in [-0.4, -0.2) is 29.5 Å². The molecule has 0 spiro atoms. The van der Waals surface area contributed by atoms with Gasteiger partial charge >= 0.3 is 0 Å². The second-order valence-corrected chi connectivity index (χ2v) is 4.68. The highest BCUT2D eigenvalue weighted by atomic mass is 16.3. The molecule has 0 fully saturated rings. The summed E-state index contributed by atoms with van der Waals surface area (Å²) in [5.74, 6) is 0.416. The highest BCUT2D eigenvalue weighted by Crippen LogP contribution is 2.21. The fourth-order valence-electron chi connectivity index (χ4n) is 1.45. The summed E-state index contributed by atoms with van der Waals surface area (Å²) in [6.45, 7) is 4.95. The molecule has 0 aromatic heterocycles. The Morgan fingerprint density at radius 2 is 2.12 bits per heavy atom. The maximum Gasteiger partial charge on any atom is 0.253 e. The number of hydrogen-bond donors (Lipinski definition) is 2. The lowest BCUT2D eigenvalue weighted by Crippen LogP contribution is -2.28. The molecule has 4 nitrogen and oxygen atoms in total. The van der Waals surface area contributed by atoms with Crippen LogP contribution >= 0.6 is 0 Å². The zero-order valence-corrected chi connectivity index (χ0v) is 10.6. The van der Waals surface area contributed by atoms with Crippen LogP contribution in [0.3, 0.4) is 0 Å². The maximum absolute atomic E-state index is 12.0. The Bertz CT molecular complexity index is 402. The van der Waals surface area contributed by atoms with Gasteiger partial charge in [-0.25, -0.2) is 0 Å². The Morgan fingerprint density at radius 1 is 1.47 bits per heavy atom. The number of carbonyl (C=O) groups is 1. The molecule has 0 heterocycles. The molecular weight excluding hydrogens is 216 g/mol. The van der Waals surface area contributed by atoms with Crippen molar-refractivity contribution >= 4 is 11.6 Å². The summed E-state index contributed by atoms with van der Waals surface area (Å²) in [5.41, 5.74) is 6.23. The van der Waals surface area contributed by atoms with Gasteiger partial charge in [0.25, 0.3) is 5.91 Å². The van der Waals surface area contributed by atoms with Crippen molar-refractivity contribution in [2.45, 2.75) is 20.3 Å². The van der Waals surface area contributed by atoms with E-state index in [0.717, 1.165) is 6.42 Å². The van der Waals surface area contributed by atoms with Crippen molar-refractivity contribution in [2.75, 3.05) is 19.3 Å². The zero-order valence-electron chi connectivity index (χ0n) is 10.6. The Hall–Kier alpha value is -1.71. The van der Waals surface area contributed by atoms with E-state index in [1.54, 1.807) is 24.1 Å². The van der Waals surface area contributed by atoms with Crippen LogP contribution in [0.15, 0.2) is 18.2 Å². The Kier molecular flexibility index (Phi) is 4.37. The second kappa shape index (κ2) is 5.57. The minimum absolute atomic E-state index is 0.0480. The van der Waals surface area contributed by atoms with Crippen LogP contribution in [0.4, 0.5) is 5.69 Å². The molecule has 0 aliphatic heterocycles. The summed E-state index contributed by atoms with van der Waals surface area (Å²) in [6.07, 6.45) is 0.962. The van der Waals surface area contributed by atoms with Gasteiger partial charge in [-0.1, -0.05) is 13.8 Å². The van der Waals surface area contributed by atoms with Crippen molar-refractivity contribution in [1.29, 1.82) is 0 Å². The largest absolute Gasteiger partial charge is 0.506 e. The molecule has 1 aromatic rings. The van der Waals surface area contributed by atoms with Gasteiger partial charge in [0.2, 0.25) is 0 Å². The molecule has 0 radical (unpaired) electrons. The van der Waals surface area contributed by atoms with Gasteiger partial charge in [-0.2, -0.15) is 0 Å². The molecule has 3 N–H and O–H groups in total. The number of rotatable bonds is 4. The number of nitrogens with two attached hydrogens (primary N) is 1. The summed E-state index contributed by atoms with van der Waals surface area (Å²) < 4.78 is 0. The van der Waals surface area contributed by atoms with Gasteiger partial charge in [0.05, 0.1) is 5.69 Å². The van der Waals surface area contributed by atoms with Gasteiger partial charge in [-0.15, -0.1) is 0 Å². The summed E-state index contributed by atoms with van der Waals surface area (Å²) in [4.78, 5) is 13.7. The number of phenolic OH excluding ortho intramolecular Hbond substituents is 1. The highest BCUT2D eigenvalue weighted by molar-refractivity contribution is 5.95. The van der Waals surface area contributed by atoms with Crippen molar-refractivity contribution < 1.29 is 9.90 Å². The SMILES string of the molecule is CC(C)CCN(C)C(=O)c1ccc(N)c(O)c1. The fourth-order valence-corrected chi connectivity index (χ4v) is 1.45. The third-order valence-electron chi connectivity index (χ3n) is 2.67. The standard InChI is InChI=1S/C13H20N2O2/c1-9(2)6-7-15(3)13(17)10-4-5-11(14)12(16)8-10/h4-5,8-9,16H,6-7,14H2,1-3H3. The van der Waals surface area contributed by atoms with Crippen molar-refractivity contribution in [3.05, 3.63) is 23.8 Å². The first-order valence-corrected chi connectivity index (χ1v) is 5.75. The predicted molar refractivity (Wildman–Crippen MR) is 68.9 cm³/mol. The van der Waals surface area contributed by atoms with Crippen LogP contribution in [0.1, 0.15) is 30.6 Å². The van der Waals surface area contributed by atoms with Crippen molar-refractivity contribution in [1.82, 2.24) is 4.90 Å². The number of benzene rings is 1. The first-order chi connectivity index (χ1) is 7.91. The average Bonchev–Trinajstić information content (AvgIpc) is 2.28. The van der Waals surface area contributed by atoms with E-state index in [1.807, 2.05) is 0 Å². The minimum atomic E-state index is -0.0963. The Balaban J connectivity index is 2.71. The van der Waals surface area contributed by atoms with E-state index in [2.05, 4.69) is 13.8 Å². The van der Waals surface area contributed by atoms with E-state index >= 15 is 0 Å². The first kappa shape index (κ1) is 13.4. The van der Waals surface area contributed by atoms with E-state index in [9.17, 15) is 9.90 Å². The minimum Gasteiger partial charge on any atom is -0.506 e. The predicted octanol–water partition coefficient (Wildman–Crippen LogP) is 2.09. The normalized spacial score (nSPS) is 10.6. The Morgan fingerprint density at radius 3 is 2.65 bits per heavy atom. The lowest BCUT2D eigenvalue weighted by atomic mass is 10.1. The van der Waals surface area contributed by atoms with E-state index in [1.165, 1.54) is 6.07 Å². The van der Waals surface area contributed by atoms with Gasteiger partial charge in [0, 0.05) is 19.2 Å². The van der Waals surface area contributed by atoms with Gasteiger partial charge in [-0.05, 0) is 30.5 Å². The molecule has 0 unspecified atom stereocenters. The van der Waals surface area contributed by atoms with Crippen molar-refractivity contribution in [3.63, 3.8) is 0 Å². The molecule has 1 amide bonds. The van der Waals surface area contributed by atoms with Crippen LogP contribution in [0, 0.1) is 5.92 Å². The Labute approximate surface area is 102 Å². The summed E-state index contributed by atoms with van der Waals surface area (Å²) >= 11 is 0. The first-order valence-electron chi connectivity index (χ1n) is 5.75. The highest BCUT2D eigenvalue weighted by Gasteiger charge is 2.13. The van der Waals surface area contributed by atoms with E-state index in [4.69, 9.17) is 5.73 Å². The molecule has 0 saturated heterocycles. The monoisotopic (exact) mass is 236 g/mol. The number of phenols is 1. The molecule has 0 aliphatic rings. The molecule has 94 valence electrons. The number of amides is 1. The molecule has 1 aromatic carbocycles. The van der Waals surface area contributed by atoms with Crippen molar-refractivity contribution in [2.24, 2.45) is 5.92 Å². The molecule has 0 saturated carbocycles. The third-order valence-corrected chi connectivity index (χ3v) is 2.67. The number of aromatic hydroxyl groups is 1. The molecule has 0 atom stereocenters. The van der Waals surface area contributed by atoms with Gasteiger partial charge in [-0.3, -0.25) is 4.79 Å². The smallest absolute Gasteiger partial charge is 0.253 e. The lowest BCUT2D eigenvalue weighted by Gasteiger charge is -2.18. The van der Waals surface area contributed by atoms with Gasteiger partial charge in [0.15, 0.2) is 0 Å². The molecular formula is C13H20N2O2. The molecule has 0 bridgehead atoms. The van der Waals surface area contributed by atoms with Gasteiger partial charge < -0.3 is 15.7 Å². The number of carbonyl (C=O) groups excluding carboxylic acids is 1. The molecule has 0 aliphatic carbocycles. The van der Waals surface area contributed by atoms with E-state index in [-0.39, 0.29) is 17.3 Å². The topological polar surface area (TPSA) is 66.6 Å². The third kappa shape index (κ3) is 3.66. The van der Waals surface area contributed by atoms with Crippen LogP contribution < -0.4 is 5.73 Å². The molecule has 17 heavy (non-hydrogen) atoms. The molecule has 4 heteroatoms. The van der Waals surface area contributed by atoms with E-state index < -0.39 is 0 Å². The summed E-state index contributed by atoms with van der Waals surface area (Å²) in [6, 6.07) is 4.58.